The van der Waals surface area contributed by atoms with Gasteiger partial charge in [-0.3, -0.25) is 53.6 Å². The van der Waals surface area contributed by atoms with Gasteiger partial charge < -0.3 is 19.9 Å². The van der Waals surface area contributed by atoms with Gasteiger partial charge >= 0.3 is 0 Å². The molecule has 6 aliphatic rings. The monoisotopic (exact) mass is 847 g/mol. The molecule has 16 heteroatoms. The highest BCUT2D eigenvalue weighted by atomic mass is 16.5. The molecule has 4 fully saturated rings. The van der Waals surface area contributed by atoms with Crippen molar-refractivity contribution in [1.29, 1.82) is 0 Å². The Morgan fingerprint density at radius 3 is 2.43 bits per heavy atom. The van der Waals surface area contributed by atoms with E-state index in [4.69, 9.17) is 14.8 Å². The second kappa shape index (κ2) is 14.9. The molecule has 1 atom stereocenters. The number of piperidine rings is 1. The number of likely N-dealkylation sites (tertiary alicyclic amines) is 1. The van der Waals surface area contributed by atoms with Crippen LogP contribution in [0.3, 0.4) is 0 Å². The predicted octanol–water partition coefficient (Wildman–Crippen LogP) is 4.53. The Kier molecular flexibility index (Phi) is 9.26. The van der Waals surface area contributed by atoms with E-state index in [-0.39, 0.29) is 53.3 Å². The van der Waals surface area contributed by atoms with Crippen LogP contribution in [0.1, 0.15) is 94.0 Å². The molecule has 1 spiro atoms. The lowest BCUT2D eigenvalue weighted by Crippen LogP contribution is -2.66. The van der Waals surface area contributed by atoms with Crippen LogP contribution in [0.15, 0.2) is 67.0 Å². The summed E-state index contributed by atoms with van der Waals surface area (Å²) in [6, 6.07) is 16.2. The largest absolute Gasteiger partial charge is 0.382 e. The van der Waals surface area contributed by atoms with E-state index in [1.165, 1.54) is 5.69 Å². The molecule has 1 saturated carbocycles. The van der Waals surface area contributed by atoms with E-state index in [9.17, 15) is 28.8 Å². The van der Waals surface area contributed by atoms with Gasteiger partial charge in [0.25, 0.3) is 17.7 Å². The topological polar surface area (TPSA) is 189 Å². The van der Waals surface area contributed by atoms with Crippen molar-refractivity contribution in [3.8, 4) is 22.5 Å². The Morgan fingerprint density at radius 1 is 0.873 bits per heavy atom. The summed E-state index contributed by atoms with van der Waals surface area (Å²) >= 11 is 0. The molecule has 8 heterocycles. The van der Waals surface area contributed by atoms with Crippen molar-refractivity contribution >= 4 is 51.9 Å². The van der Waals surface area contributed by atoms with E-state index in [0.29, 0.717) is 50.8 Å². The molecule has 320 valence electrons. The van der Waals surface area contributed by atoms with Crippen LogP contribution in [0, 0.1) is 5.41 Å². The molecule has 5 aromatic rings. The van der Waals surface area contributed by atoms with Gasteiger partial charge in [0.2, 0.25) is 17.7 Å². The Labute approximate surface area is 362 Å². The molecule has 16 nitrogen and oxygen atoms in total. The Hall–Kier alpha value is -6.81. The maximum atomic E-state index is 13.6. The molecule has 0 radical (unpaired) electrons. The number of nitrogens with zero attached hydrogens (tertiary/aromatic N) is 7. The molecule has 6 amide bonds. The zero-order chi connectivity index (χ0) is 43.1. The number of aromatic nitrogens is 4. The predicted molar refractivity (Wildman–Crippen MR) is 228 cm³/mol. The number of anilines is 1. The summed E-state index contributed by atoms with van der Waals surface area (Å²) in [7, 11) is 0. The minimum Gasteiger partial charge on any atom is -0.382 e. The number of hydrogen-bond acceptors (Lipinski definition) is 11. The third kappa shape index (κ3) is 6.57. The minimum absolute atomic E-state index is 0.0350. The van der Waals surface area contributed by atoms with E-state index in [1.54, 1.807) is 37.4 Å². The van der Waals surface area contributed by atoms with Crippen LogP contribution in [0.2, 0.25) is 0 Å². The van der Waals surface area contributed by atoms with Crippen LogP contribution < -0.4 is 10.6 Å². The molecule has 1 aliphatic carbocycles. The summed E-state index contributed by atoms with van der Waals surface area (Å²) in [5.41, 5.74) is 7.03. The molecule has 11 rings (SSSR count). The third-order valence-corrected chi connectivity index (χ3v) is 13.9. The van der Waals surface area contributed by atoms with Gasteiger partial charge in [0.05, 0.1) is 28.6 Å². The second-order valence-corrected chi connectivity index (χ2v) is 17.9. The van der Waals surface area contributed by atoms with Crippen molar-refractivity contribution in [2.24, 2.45) is 5.41 Å². The van der Waals surface area contributed by atoms with E-state index < -0.39 is 29.7 Å². The summed E-state index contributed by atoms with van der Waals surface area (Å²) in [5.74, 6) is -2.22. The van der Waals surface area contributed by atoms with E-state index in [2.05, 4.69) is 32.4 Å². The molecule has 2 N–H and O–H groups in total. The zero-order valence-electron chi connectivity index (χ0n) is 34.8. The highest BCUT2D eigenvalue weighted by molar-refractivity contribution is 6.25. The number of ether oxygens (including phenoxy) is 1. The lowest BCUT2D eigenvalue weighted by Gasteiger charge is -2.59. The SMILES string of the molecule is CC(=O)N1CCc2c(c(-c3cccc4cc(-c5ccc(C(=O)N6CC7(CC(Nc8cccc9c8C(=O)N(C8CCC(=O)NC8=O)C9=O)C7)C6)nc5)ncc34)nn2C2CCOCC2)C1. The Bertz CT molecular complexity index is 2780. The van der Waals surface area contributed by atoms with E-state index >= 15 is 0 Å². The first kappa shape index (κ1) is 39.1. The summed E-state index contributed by atoms with van der Waals surface area (Å²) in [6.45, 7) is 5.44. The number of hydrogen-bond donors (Lipinski definition) is 2. The van der Waals surface area contributed by atoms with E-state index in [0.717, 1.165) is 75.9 Å². The fraction of sp³-hybridized carbons (Fsp3) is 0.383. The Morgan fingerprint density at radius 2 is 1.67 bits per heavy atom. The van der Waals surface area contributed by atoms with Gasteiger partial charge in [0.15, 0.2) is 0 Å². The molecule has 3 saturated heterocycles. The van der Waals surface area contributed by atoms with E-state index in [1.807, 2.05) is 34.2 Å². The van der Waals surface area contributed by atoms with Gasteiger partial charge in [-0.15, -0.1) is 0 Å². The maximum Gasteiger partial charge on any atom is 0.272 e. The van der Waals surface area contributed by atoms with Gasteiger partial charge in [-0.1, -0.05) is 24.3 Å². The van der Waals surface area contributed by atoms with Crippen molar-refractivity contribution in [2.45, 2.75) is 76.5 Å². The van der Waals surface area contributed by atoms with Crippen molar-refractivity contribution in [3.63, 3.8) is 0 Å². The first-order valence-corrected chi connectivity index (χ1v) is 21.7. The molecule has 63 heavy (non-hydrogen) atoms. The van der Waals surface area contributed by atoms with Crippen molar-refractivity contribution in [2.75, 3.05) is 38.2 Å². The molecule has 1 unspecified atom stereocenters. The summed E-state index contributed by atoms with van der Waals surface area (Å²) in [4.78, 5) is 91.2. The number of amides is 6. The molecular formula is C47H45N9O7. The van der Waals surface area contributed by atoms with Crippen molar-refractivity contribution in [1.82, 2.24) is 39.8 Å². The summed E-state index contributed by atoms with van der Waals surface area (Å²) in [5, 5.41) is 12.9. The third-order valence-electron chi connectivity index (χ3n) is 13.9. The molecule has 2 aromatic carbocycles. The van der Waals surface area contributed by atoms with Gasteiger partial charge in [0.1, 0.15) is 11.7 Å². The van der Waals surface area contributed by atoms with Crippen LogP contribution in [-0.4, -0.2) is 115 Å². The number of nitrogens with one attached hydrogen (secondary N) is 2. The number of carbonyl (C=O) groups is 6. The average molecular weight is 848 g/mol. The number of rotatable bonds is 7. The summed E-state index contributed by atoms with van der Waals surface area (Å²) in [6.07, 6.45) is 7.88. The number of fused-ring (bicyclic) bond motifs is 3. The number of benzene rings is 2. The molecule has 0 bridgehead atoms. The summed E-state index contributed by atoms with van der Waals surface area (Å²) < 4.78 is 7.86. The average Bonchev–Trinajstić information content (AvgIpc) is 3.77. The molecular weight excluding hydrogens is 803 g/mol. The molecule has 3 aromatic heterocycles. The first-order valence-electron chi connectivity index (χ1n) is 21.7. The van der Waals surface area contributed by atoms with Gasteiger partial charge in [-0.2, -0.15) is 5.10 Å². The van der Waals surface area contributed by atoms with Crippen LogP contribution in [0.25, 0.3) is 33.3 Å². The minimum atomic E-state index is -1.03. The van der Waals surface area contributed by atoms with Crippen LogP contribution in [-0.2, 0) is 32.1 Å². The lowest BCUT2D eigenvalue weighted by molar-refractivity contribution is -0.136. The first-order chi connectivity index (χ1) is 30.5. The zero-order valence-corrected chi connectivity index (χ0v) is 34.8. The quantitative estimate of drug-likeness (QED) is 0.219. The highest BCUT2D eigenvalue weighted by Gasteiger charge is 2.54. The van der Waals surface area contributed by atoms with Crippen LogP contribution >= 0.6 is 0 Å². The molecule has 5 aliphatic heterocycles. The van der Waals surface area contributed by atoms with Crippen molar-refractivity contribution < 1.29 is 33.5 Å². The highest BCUT2D eigenvalue weighted by Crippen LogP contribution is 2.50. The second-order valence-electron chi connectivity index (χ2n) is 17.9. The Balaban J connectivity index is 0.745. The van der Waals surface area contributed by atoms with Crippen molar-refractivity contribution in [3.05, 3.63) is 95.1 Å². The van der Waals surface area contributed by atoms with Gasteiger partial charge in [-0.25, -0.2) is 0 Å². The normalized spacial score (nSPS) is 21.0. The fourth-order valence-corrected chi connectivity index (χ4v) is 10.6. The number of pyridine rings is 2. The van der Waals surface area contributed by atoms with Gasteiger partial charge in [-0.05, 0) is 67.8 Å². The van der Waals surface area contributed by atoms with Gasteiger partial charge in [0, 0.05) is 116 Å². The number of carbonyl (C=O) groups excluding carboxylic acids is 6. The van der Waals surface area contributed by atoms with Crippen LogP contribution in [0.5, 0.6) is 0 Å². The number of imide groups is 2. The standard InChI is InChI=1S/C47H45N9O7/c1-26(57)53-15-12-38-34(23-53)42(52-56(38)30-13-16-63-17-14-30)31-5-2-4-27-18-37(49-22-33(27)31)28-8-9-36(48-21-28)45(61)54-24-47(25-54)19-29(20-47)50-35-7-3-6-32-41(35)46(62)55(44(32)60)39-10-11-40(58)51-43(39)59/h2-9,18,21-22,29-30,39,50H,10-17,19-20,23-25H2,1H3,(H,51,58,59). The maximum absolute atomic E-state index is 13.6. The fourth-order valence-electron chi connectivity index (χ4n) is 10.6. The van der Waals surface area contributed by atoms with Crippen LogP contribution in [0.4, 0.5) is 5.69 Å². The smallest absolute Gasteiger partial charge is 0.272 e. The lowest BCUT2D eigenvalue weighted by atomic mass is 9.60.